The molecule has 0 unspecified atom stereocenters. The van der Waals surface area contributed by atoms with E-state index >= 15 is 0 Å². The van der Waals surface area contributed by atoms with Gasteiger partial charge in [0.05, 0.1) is 17.7 Å². The van der Waals surface area contributed by atoms with Crippen molar-refractivity contribution in [2.45, 2.75) is 4.90 Å². The minimum Gasteiger partial charge on any atom is -0.495 e. The predicted molar refractivity (Wildman–Crippen MR) is 131 cm³/mol. The largest absolute Gasteiger partial charge is 0.495 e. The van der Waals surface area contributed by atoms with Gasteiger partial charge in [0.2, 0.25) is 0 Å². The Morgan fingerprint density at radius 1 is 0.914 bits per heavy atom. The fraction of sp³-hybridized carbons (Fsp3) is 0.0476. The molecule has 2 amide bonds. The lowest BCUT2D eigenvalue weighted by atomic mass is 10.2. The van der Waals surface area contributed by atoms with Crippen molar-refractivity contribution in [3.8, 4) is 5.75 Å². The van der Waals surface area contributed by atoms with E-state index in [1.165, 1.54) is 55.6 Å². The van der Waals surface area contributed by atoms with Crippen molar-refractivity contribution < 1.29 is 22.7 Å². The molecule has 2 heterocycles. The third kappa shape index (κ3) is 5.03. The van der Waals surface area contributed by atoms with Crippen LogP contribution in [0.2, 0.25) is 10.2 Å². The Balaban J connectivity index is 1.54. The van der Waals surface area contributed by atoms with Gasteiger partial charge in [-0.15, -0.1) is 10.2 Å². The number of halogens is 3. The van der Waals surface area contributed by atoms with Crippen LogP contribution in [0.25, 0.3) is 0 Å². The molecular weight excluding hydrogens is 541 g/mol. The number of benzene rings is 2. The standard InChI is InChI=1S/C21H14Cl3N5O5S/c1-34-15-7-2-11(22)10-14(15)29-20(30)18(24)19(21(29)31)25-12-3-5-13(6-4-12)35(32,33)28-17-9-8-16(23)26-27-17/h2-10,25H,1H3,(H,27,28). The van der Waals surface area contributed by atoms with Crippen molar-refractivity contribution in [1.29, 1.82) is 0 Å². The van der Waals surface area contributed by atoms with Gasteiger partial charge in [0.15, 0.2) is 11.0 Å². The minimum atomic E-state index is -3.97. The summed E-state index contributed by atoms with van der Waals surface area (Å²) in [6.45, 7) is 0. The average molecular weight is 555 g/mol. The second-order valence-corrected chi connectivity index (χ2v) is 9.83. The van der Waals surface area contributed by atoms with Crippen LogP contribution in [0.1, 0.15) is 0 Å². The highest BCUT2D eigenvalue weighted by molar-refractivity contribution is 7.92. The van der Waals surface area contributed by atoms with Gasteiger partial charge in [-0.05, 0) is 54.6 Å². The zero-order chi connectivity index (χ0) is 25.3. The van der Waals surface area contributed by atoms with E-state index in [9.17, 15) is 18.0 Å². The van der Waals surface area contributed by atoms with E-state index in [0.29, 0.717) is 5.69 Å². The number of carbonyl (C=O) groups excluding carboxylic acids is 2. The monoisotopic (exact) mass is 553 g/mol. The van der Waals surface area contributed by atoms with Crippen LogP contribution in [0.3, 0.4) is 0 Å². The lowest BCUT2D eigenvalue weighted by Crippen LogP contribution is -2.32. The first kappa shape index (κ1) is 24.7. The molecule has 0 fully saturated rings. The Kier molecular flexibility index (Phi) is 6.86. The van der Waals surface area contributed by atoms with Crippen LogP contribution in [0.4, 0.5) is 17.2 Å². The molecule has 0 radical (unpaired) electrons. The molecule has 1 aliphatic rings. The van der Waals surface area contributed by atoms with Gasteiger partial charge in [0.1, 0.15) is 16.5 Å². The van der Waals surface area contributed by atoms with Crippen molar-refractivity contribution in [3.63, 3.8) is 0 Å². The number of anilines is 3. The number of imide groups is 1. The molecule has 35 heavy (non-hydrogen) atoms. The highest BCUT2D eigenvalue weighted by Crippen LogP contribution is 2.37. The van der Waals surface area contributed by atoms with Crippen molar-refractivity contribution in [2.75, 3.05) is 22.0 Å². The lowest BCUT2D eigenvalue weighted by molar-refractivity contribution is -0.120. The molecule has 0 aliphatic carbocycles. The number of nitrogens with one attached hydrogen (secondary N) is 2. The van der Waals surface area contributed by atoms with Gasteiger partial charge in [-0.1, -0.05) is 34.8 Å². The van der Waals surface area contributed by atoms with Gasteiger partial charge >= 0.3 is 0 Å². The molecule has 1 aromatic heterocycles. The van der Waals surface area contributed by atoms with Crippen LogP contribution in [0.15, 0.2) is 70.2 Å². The molecule has 2 N–H and O–H groups in total. The summed E-state index contributed by atoms with van der Waals surface area (Å²) in [5.74, 6) is -1.28. The van der Waals surface area contributed by atoms with E-state index in [1.54, 1.807) is 6.07 Å². The summed E-state index contributed by atoms with van der Waals surface area (Å²) >= 11 is 17.8. The van der Waals surface area contributed by atoms with Gasteiger partial charge in [-0.25, -0.2) is 13.3 Å². The zero-order valence-corrected chi connectivity index (χ0v) is 20.7. The normalized spacial score (nSPS) is 13.9. The van der Waals surface area contributed by atoms with Gasteiger partial charge in [-0.3, -0.25) is 14.3 Å². The molecule has 14 heteroatoms. The fourth-order valence-electron chi connectivity index (χ4n) is 3.10. The number of carbonyl (C=O) groups is 2. The molecular formula is C21H14Cl3N5O5S. The van der Waals surface area contributed by atoms with Crippen LogP contribution < -0.4 is 19.7 Å². The lowest BCUT2D eigenvalue weighted by Gasteiger charge is -2.18. The maximum atomic E-state index is 13.0. The highest BCUT2D eigenvalue weighted by atomic mass is 35.5. The van der Waals surface area contributed by atoms with E-state index < -0.39 is 21.8 Å². The summed E-state index contributed by atoms with van der Waals surface area (Å²) in [5.41, 5.74) is 0.246. The Hall–Kier alpha value is -3.38. The van der Waals surface area contributed by atoms with Crippen molar-refractivity contribution >= 4 is 73.8 Å². The van der Waals surface area contributed by atoms with Gasteiger partial charge in [0.25, 0.3) is 21.8 Å². The SMILES string of the molecule is COc1ccc(Cl)cc1N1C(=O)C(Cl)=C(Nc2ccc(S(=O)(=O)Nc3ccc(Cl)nn3)cc2)C1=O. The van der Waals surface area contributed by atoms with Crippen LogP contribution in [0, 0.1) is 0 Å². The van der Waals surface area contributed by atoms with E-state index in [4.69, 9.17) is 39.5 Å². The number of methoxy groups -OCH3 is 1. The Morgan fingerprint density at radius 3 is 2.26 bits per heavy atom. The first-order chi connectivity index (χ1) is 16.6. The van der Waals surface area contributed by atoms with Gasteiger partial charge in [-0.2, -0.15) is 0 Å². The van der Waals surface area contributed by atoms with Crippen molar-refractivity contribution in [2.24, 2.45) is 0 Å². The number of amides is 2. The van der Waals surface area contributed by atoms with Crippen LogP contribution in [-0.4, -0.2) is 37.5 Å². The molecule has 0 bridgehead atoms. The second-order valence-electron chi connectivity index (χ2n) is 6.95. The molecule has 3 aromatic rings. The molecule has 180 valence electrons. The topological polar surface area (TPSA) is 131 Å². The van der Waals surface area contributed by atoms with Crippen LogP contribution >= 0.6 is 34.8 Å². The average Bonchev–Trinajstić information content (AvgIpc) is 3.03. The molecule has 0 saturated carbocycles. The third-order valence-corrected chi connectivity index (χ3v) is 6.87. The number of rotatable bonds is 7. The third-order valence-electron chi connectivity index (χ3n) is 4.71. The van der Waals surface area contributed by atoms with Gasteiger partial charge in [0, 0.05) is 10.7 Å². The van der Waals surface area contributed by atoms with Crippen LogP contribution in [-0.2, 0) is 19.6 Å². The number of ether oxygens (including phenoxy) is 1. The number of hydrogen-bond acceptors (Lipinski definition) is 8. The van der Waals surface area contributed by atoms with Crippen LogP contribution in [0.5, 0.6) is 5.75 Å². The van der Waals surface area contributed by atoms with E-state index in [1.807, 2.05) is 0 Å². The van der Waals surface area contributed by atoms with E-state index in [-0.39, 0.29) is 43.1 Å². The number of hydrogen-bond donors (Lipinski definition) is 2. The Bertz CT molecular complexity index is 1460. The molecule has 4 rings (SSSR count). The summed E-state index contributed by atoms with van der Waals surface area (Å²) in [6, 6.07) is 12.6. The molecule has 10 nitrogen and oxygen atoms in total. The first-order valence-corrected chi connectivity index (χ1v) is 12.2. The summed E-state index contributed by atoms with van der Waals surface area (Å²) in [6.07, 6.45) is 0. The maximum absolute atomic E-state index is 13.0. The quantitative estimate of drug-likeness (QED) is 0.419. The summed E-state index contributed by atoms with van der Waals surface area (Å²) in [4.78, 5) is 26.5. The summed E-state index contributed by atoms with van der Waals surface area (Å²) < 4.78 is 32.7. The fourth-order valence-corrected chi connectivity index (χ4v) is 4.57. The van der Waals surface area contributed by atoms with Crippen molar-refractivity contribution in [3.05, 3.63) is 75.5 Å². The van der Waals surface area contributed by atoms with E-state index in [0.717, 1.165) is 4.90 Å². The summed E-state index contributed by atoms with van der Waals surface area (Å²) in [7, 11) is -2.59. The molecule has 0 saturated heterocycles. The maximum Gasteiger partial charge on any atom is 0.283 e. The van der Waals surface area contributed by atoms with E-state index in [2.05, 4.69) is 20.2 Å². The number of aromatic nitrogens is 2. The zero-order valence-electron chi connectivity index (χ0n) is 17.6. The number of nitrogens with zero attached hydrogens (tertiary/aromatic N) is 3. The first-order valence-electron chi connectivity index (χ1n) is 9.62. The number of sulfonamides is 1. The summed E-state index contributed by atoms with van der Waals surface area (Å²) in [5, 5.41) is 10.0. The smallest absolute Gasteiger partial charge is 0.283 e. The van der Waals surface area contributed by atoms with Gasteiger partial charge < -0.3 is 10.1 Å². The molecule has 0 spiro atoms. The Morgan fingerprint density at radius 2 is 1.63 bits per heavy atom. The second kappa shape index (κ2) is 9.70. The minimum absolute atomic E-state index is 0.0138. The van der Waals surface area contributed by atoms with Crippen molar-refractivity contribution in [1.82, 2.24) is 10.2 Å². The Labute approximate surface area is 214 Å². The highest BCUT2D eigenvalue weighted by Gasteiger charge is 2.40. The molecule has 1 aliphatic heterocycles. The molecule has 0 atom stereocenters. The predicted octanol–water partition coefficient (Wildman–Crippen LogP) is 4.03. The molecule has 2 aromatic carbocycles.